The fourth-order valence-electron chi connectivity index (χ4n) is 1.79. The molecule has 0 radical (unpaired) electrons. The number of hydrogen-bond acceptors (Lipinski definition) is 5. The summed E-state index contributed by atoms with van der Waals surface area (Å²) in [6.45, 7) is 1.47. The van der Waals surface area contributed by atoms with E-state index in [-0.39, 0.29) is 12.2 Å². The van der Waals surface area contributed by atoms with Gasteiger partial charge in [-0.3, -0.25) is 0 Å². The number of nitrogens with zero attached hydrogens (tertiary/aromatic N) is 2. The van der Waals surface area contributed by atoms with Crippen molar-refractivity contribution in [2.45, 2.75) is 18.4 Å². The number of nitrogens with two attached hydrogens (primary N) is 1. The highest BCUT2D eigenvalue weighted by Gasteiger charge is 2.29. The first-order chi connectivity index (χ1) is 9.71. The molecule has 21 heavy (non-hydrogen) atoms. The quantitative estimate of drug-likeness (QED) is 0.866. The Kier molecular flexibility index (Phi) is 3.97. The average molecular weight is 317 g/mol. The maximum atomic E-state index is 13.8. The second-order valence-corrected chi connectivity index (χ2v) is 6.49. The lowest BCUT2D eigenvalue weighted by Crippen LogP contribution is -2.28. The van der Waals surface area contributed by atoms with Crippen LogP contribution in [0.15, 0.2) is 27.6 Å². The summed E-state index contributed by atoms with van der Waals surface area (Å²) >= 11 is 0. The number of aromatic nitrogens is 1. The second kappa shape index (κ2) is 5.41. The van der Waals surface area contributed by atoms with Gasteiger partial charge in [-0.25, -0.2) is 17.2 Å². The molecule has 0 bridgehead atoms. The number of halogens is 2. The number of nitrogen functional groups attached to an aromatic ring is 1. The lowest BCUT2D eigenvalue weighted by molar-refractivity contribution is 0.377. The van der Waals surface area contributed by atoms with Gasteiger partial charge in [0.05, 0.1) is 12.2 Å². The third-order valence-corrected chi connectivity index (χ3v) is 4.61. The molecule has 0 spiro atoms. The van der Waals surface area contributed by atoms with E-state index in [1.807, 2.05) is 0 Å². The molecule has 0 aliphatic carbocycles. The molecule has 0 atom stereocenters. The van der Waals surface area contributed by atoms with E-state index in [1.54, 1.807) is 6.92 Å². The zero-order chi connectivity index (χ0) is 15.8. The highest BCUT2D eigenvalue weighted by molar-refractivity contribution is 7.89. The normalized spacial score (nSPS) is 12.0. The fourth-order valence-corrected chi connectivity index (χ4v) is 3.01. The van der Waals surface area contributed by atoms with Gasteiger partial charge in [0.1, 0.15) is 17.4 Å². The molecule has 1 heterocycles. The van der Waals surface area contributed by atoms with Gasteiger partial charge in [0.25, 0.3) is 0 Å². The molecule has 6 nitrogen and oxygen atoms in total. The molecule has 0 unspecified atom stereocenters. The molecule has 0 aliphatic heterocycles. The Bertz CT molecular complexity index is 751. The van der Waals surface area contributed by atoms with Crippen molar-refractivity contribution in [1.82, 2.24) is 9.46 Å². The van der Waals surface area contributed by atoms with Gasteiger partial charge in [0.15, 0.2) is 4.90 Å². The van der Waals surface area contributed by atoms with Crippen LogP contribution in [0.4, 0.5) is 14.5 Å². The zero-order valence-electron chi connectivity index (χ0n) is 11.3. The molecule has 2 rings (SSSR count). The van der Waals surface area contributed by atoms with Crippen LogP contribution in [0.1, 0.15) is 11.5 Å². The van der Waals surface area contributed by atoms with E-state index in [0.29, 0.717) is 11.5 Å². The van der Waals surface area contributed by atoms with Crippen LogP contribution in [0.5, 0.6) is 0 Å². The Balaban J connectivity index is 2.38. The van der Waals surface area contributed by atoms with Crippen LogP contribution in [0, 0.1) is 18.6 Å². The molecule has 114 valence electrons. The SMILES string of the molecule is Cc1cc(CN(C)S(=O)(=O)c2c(F)cc(N)cc2F)no1. The van der Waals surface area contributed by atoms with E-state index in [9.17, 15) is 17.2 Å². The monoisotopic (exact) mass is 317 g/mol. The Morgan fingerprint density at radius 2 is 1.86 bits per heavy atom. The maximum Gasteiger partial charge on any atom is 0.249 e. The summed E-state index contributed by atoms with van der Waals surface area (Å²) in [5.41, 5.74) is 5.40. The smallest absolute Gasteiger partial charge is 0.249 e. The first-order valence-electron chi connectivity index (χ1n) is 5.85. The van der Waals surface area contributed by atoms with E-state index in [1.165, 1.54) is 13.1 Å². The summed E-state index contributed by atoms with van der Waals surface area (Å²) in [4.78, 5) is -1.04. The third kappa shape index (κ3) is 3.03. The van der Waals surface area contributed by atoms with E-state index < -0.39 is 26.6 Å². The summed E-state index contributed by atoms with van der Waals surface area (Å²) < 4.78 is 57.6. The van der Waals surface area contributed by atoms with Crippen LogP contribution >= 0.6 is 0 Å². The van der Waals surface area contributed by atoms with Crippen molar-refractivity contribution in [2.75, 3.05) is 12.8 Å². The zero-order valence-corrected chi connectivity index (χ0v) is 12.1. The number of hydrogen-bond donors (Lipinski definition) is 1. The van der Waals surface area contributed by atoms with Crippen molar-refractivity contribution in [2.24, 2.45) is 0 Å². The van der Waals surface area contributed by atoms with Gasteiger partial charge >= 0.3 is 0 Å². The van der Waals surface area contributed by atoms with Crippen LogP contribution < -0.4 is 5.73 Å². The van der Waals surface area contributed by atoms with Crippen LogP contribution in [0.25, 0.3) is 0 Å². The third-order valence-electron chi connectivity index (χ3n) is 2.75. The lowest BCUT2D eigenvalue weighted by atomic mass is 10.3. The van der Waals surface area contributed by atoms with E-state index >= 15 is 0 Å². The number of sulfonamides is 1. The minimum Gasteiger partial charge on any atom is -0.399 e. The van der Waals surface area contributed by atoms with Crippen molar-refractivity contribution in [1.29, 1.82) is 0 Å². The Labute approximate surface area is 120 Å². The molecule has 0 aliphatic rings. The lowest BCUT2D eigenvalue weighted by Gasteiger charge is -2.17. The highest BCUT2D eigenvalue weighted by atomic mass is 32.2. The predicted octanol–water partition coefficient (Wildman–Crippen LogP) is 1.66. The Morgan fingerprint density at radius 3 is 2.33 bits per heavy atom. The van der Waals surface area contributed by atoms with Crippen molar-refractivity contribution in [3.8, 4) is 0 Å². The summed E-state index contributed by atoms with van der Waals surface area (Å²) in [5.74, 6) is -1.98. The summed E-state index contributed by atoms with van der Waals surface area (Å²) in [6.07, 6.45) is 0. The largest absolute Gasteiger partial charge is 0.399 e. The van der Waals surface area contributed by atoms with Gasteiger partial charge in [0.2, 0.25) is 10.0 Å². The molecule has 0 saturated heterocycles. The summed E-state index contributed by atoms with van der Waals surface area (Å²) in [6, 6.07) is 3.04. The Hall–Kier alpha value is -2.00. The van der Waals surface area contributed by atoms with Crippen molar-refractivity contribution in [3.05, 3.63) is 41.3 Å². The predicted molar refractivity (Wildman–Crippen MR) is 70.7 cm³/mol. The molecular weight excluding hydrogens is 304 g/mol. The molecule has 9 heteroatoms. The van der Waals surface area contributed by atoms with E-state index in [2.05, 4.69) is 5.16 Å². The second-order valence-electron chi connectivity index (χ2n) is 4.50. The Morgan fingerprint density at radius 1 is 1.29 bits per heavy atom. The first kappa shape index (κ1) is 15.4. The van der Waals surface area contributed by atoms with Crippen molar-refractivity contribution < 1.29 is 21.7 Å². The van der Waals surface area contributed by atoms with Gasteiger partial charge in [-0.15, -0.1) is 0 Å². The van der Waals surface area contributed by atoms with E-state index in [0.717, 1.165) is 16.4 Å². The molecule has 0 saturated carbocycles. The fraction of sp³-hybridized carbons (Fsp3) is 0.250. The van der Waals surface area contributed by atoms with Gasteiger partial charge < -0.3 is 10.3 Å². The van der Waals surface area contributed by atoms with Gasteiger partial charge in [-0.2, -0.15) is 4.31 Å². The average Bonchev–Trinajstić information content (AvgIpc) is 2.72. The maximum absolute atomic E-state index is 13.8. The van der Waals surface area contributed by atoms with Crippen LogP contribution in [-0.2, 0) is 16.6 Å². The number of anilines is 1. The van der Waals surface area contributed by atoms with Crippen molar-refractivity contribution in [3.63, 3.8) is 0 Å². The summed E-state index contributed by atoms with van der Waals surface area (Å²) in [5, 5.41) is 3.63. The van der Waals surface area contributed by atoms with Crippen molar-refractivity contribution >= 4 is 15.7 Å². The van der Waals surface area contributed by atoms with Gasteiger partial charge in [-0.05, 0) is 19.1 Å². The molecule has 2 N–H and O–H groups in total. The standard InChI is InChI=1S/C12H13F2N3O3S/c1-7-3-9(16-20-7)6-17(2)21(18,19)12-10(13)4-8(15)5-11(12)14/h3-5H,6,15H2,1-2H3. The van der Waals surface area contributed by atoms with Gasteiger partial charge in [-0.1, -0.05) is 5.16 Å². The van der Waals surface area contributed by atoms with Crippen LogP contribution in [-0.4, -0.2) is 24.9 Å². The van der Waals surface area contributed by atoms with Crippen LogP contribution in [0.3, 0.4) is 0 Å². The molecule has 2 aromatic rings. The molecular formula is C12H13F2N3O3S. The number of aryl methyl sites for hydroxylation is 1. The minimum atomic E-state index is -4.36. The molecule has 0 fully saturated rings. The minimum absolute atomic E-state index is 0.178. The van der Waals surface area contributed by atoms with Gasteiger partial charge in [0, 0.05) is 18.8 Å². The number of benzene rings is 1. The topological polar surface area (TPSA) is 89.4 Å². The molecule has 1 aromatic carbocycles. The first-order valence-corrected chi connectivity index (χ1v) is 7.29. The van der Waals surface area contributed by atoms with Crippen LogP contribution in [0.2, 0.25) is 0 Å². The molecule has 0 amide bonds. The number of rotatable bonds is 4. The highest BCUT2D eigenvalue weighted by Crippen LogP contribution is 2.25. The molecule has 1 aromatic heterocycles. The van der Waals surface area contributed by atoms with E-state index in [4.69, 9.17) is 10.3 Å². The summed E-state index contributed by atoms with van der Waals surface area (Å²) in [7, 11) is -3.17.